The highest BCUT2D eigenvalue weighted by Gasteiger charge is 2.28. The van der Waals surface area contributed by atoms with E-state index in [0.29, 0.717) is 5.75 Å². The molecule has 5 rings (SSSR count). The molecule has 27 heavy (non-hydrogen) atoms. The van der Waals surface area contributed by atoms with Gasteiger partial charge in [0.05, 0.1) is 11.6 Å². The number of rotatable bonds is 3. The Balaban J connectivity index is 1.73. The van der Waals surface area contributed by atoms with Crippen LogP contribution in [-0.2, 0) is 0 Å². The standard InChI is InChI=1S/C23H21ClN2O/c24-16-9-7-15(8-10-16)22(26-13-3-4-14-26)18-11-12-20-21(23(18)27)17-5-1-2-6-19(17)25-20/h1-2,5-12,22,25,27H,3-4,13-14H2. The molecule has 1 aromatic heterocycles. The maximum atomic E-state index is 11.3. The van der Waals surface area contributed by atoms with Crippen LogP contribution in [0.2, 0.25) is 5.02 Å². The van der Waals surface area contributed by atoms with Gasteiger partial charge < -0.3 is 10.1 Å². The van der Waals surface area contributed by atoms with Crippen molar-refractivity contribution in [2.75, 3.05) is 13.1 Å². The molecule has 3 nitrogen and oxygen atoms in total. The van der Waals surface area contributed by atoms with Crippen LogP contribution in [0.1, 0.15) is 30.0 Å². The minimum atomic E-state index is 0.0304. The number of H-pyrrole nitrogens is 1. The number of phenolic OH excluding ortho intramolecular Hbond substituents is 1. The van der Waals surface area contributed by atoms with Gasteiger partial charge in [-0.3, -0.25) is 4.90 Å². The summed E-state index contributed by atoms with van der Waals surface area (Å²) in [7, 11) is 0. The molecular formula is C23H21ClN2O. The quantitative estimate of drug-likeness (QED) is 0.469. The van der Waals surface area contributed by atoms with Crippen LogP contribution in [0.4, 0.5) is 0 Å². The fraction of sp³-hybridized carbons (Fsp3) is 0.217. The molecule has 0 amide bonds. The molecule has 0 radical (unpaired) electrons. The topological polar surface area (TPSA) is 39.3 Å². The Labute approximate surface area is 163 Å². The molecular weight excluding hydrogens is 356 g/mol. The summed E-state index contributed by atoms with van der Waals surface area (Å²) in [5.74, 6) is 0.372. The fourth-order valence-electron chi connectivity index (χ4n) is 4.39. The zero-order chi connectivity index (χ0) is 18.4. The minimum Gasteiger partial charge on any atom is -0.507 e. The molecule has 0 spiro atoms. The summed E-state index contributed by atoms with van der Waals surface area (Å²) in [5, 5.41) is 14.0. The third-order valence-corrected chi connectivity index (χ3v) is 5.91. The van der Waals surface area contributed by atoms with Gasteiger partial charge in [-0.15, -0.1) is 0 Å². The van der Waals surface area contributed by atoms with Gasteiger partial charge in [0.15, 0.2) is 0 Å². The number of hydrogen-bond donors (Lipinski definition) is 2. The van der Waals surface area contributed by atoms with Gasteiger partial charge in [-0.05, 0) is 55.8 Å². The van der Waals surface area contributed by atoms with E-state index in [1.807, 2.05) is 30.3 Å². The fourth-order valence-corrected chi connectivity index (χ4v) is 4.52. The van der Waals surface area contributed by atoms with E-state index in [-0.39, 0.29) is 6.04 Å². The Morgan fingerprint density at radius 2 is 1.63 bits per heavy atom. The van der Waals surface area contributed by atoms with E-state index >= 15 is 0 Å². The van der Waals surface area contributed by atoms with E-state index in [2.05, 4.69) is 40.2 Å². The molecule has 0 bridgehead atoms. The summed E-state index contributed by atoms with van der Waals surface area (Å²) in [6.07, 6.45) is 2.39. The van der Waals surface area contributed by atoms with E-state index in [4.69, 9.17) is 11.6 Å². The second-order valence-corrected chi connectivity index (χ2v) is 7.73. The lowest BCUT2D eigenvalue weighted by Crippen LogP contribution is -2.26. The van der Waals surface area contributed by atoms with Crippen LogP contribution in [0, 0.1) is 0 Å². The van der Waals surface area contributed by atoms with Crippen molar-refractivity contribution in [2.24, 2.45) is 0 Å². The Morgan fingerprint density at radius 1 is 0.889 bits per heavy atom. The zero-order valence-electron chi connectivity index (χ0n) is 15.0. The molecule has 2 heterocycles. The molecule has 3 aromatic carbocycles. The number of aromatic hydroxyl groups is 1. The van der Waals surface area contributed by atoms with Crippen molar-refractivity contribution in [1.82, 2.24) is 9.88 Å². The number of nitrogens with zero attached hydrogens (tertiary/aromatic N) is 1. The van der Waals surface area contributed by atoms with Crippen molar-refractivity contribution in [3.05, 3.63) is 76.8 Å². The van der Waals surface area contributed by atoms with Crippen LogP contribution in [0.15, 0.2) is 60.7 Å². The Kier molecular flexibility index (Phi) is 4.07. The average Bonchev–Trinajstić information content (AvgIpc) is 3.33. The monoisotopic (exact) mass is 376 g/mol. The highest BCUT2D eigenvalue weighted by atomic mass is 35.5. The first-order chi connectivity index (χ1) is 13.2. The van der Waals surface area contributed by atoms with Crippen molar-refractivity contribution < 1.29 is 5.11 Å². The summed E-state index contributed by atoms with van der Waals surface area (Å²) in [5.41, 5.74) is 4.13. The van der Waals surface area contributed by atoms with Crippen LogP contribution in [0.3, 0.4) is 0 Å². The van der Waals surface area contributed by atoms with Crippen LogP contribution < -0.4 is 0 Å². The second-order valence-electron chi connectivity index (χ2n) is 7.29. The predicted octanol–water partition coefficient (Wildman–Crippen LogP) is 5.87. The number of halogens is 1. The van der Waals surface area contributed by atoms with Crippen molar-refractivity contribution in [3.8, 4) is 5.75 Å². The number of benzene rings is 3. The van der Waals surface area contributed by atoms with E-state index < -0.39 is 0 Å². The Bertz CT molecular complexity index is 1110. The lowest BCUT2D eigenvalue weighted by atomic mass is 9.94. The summed E-state index contributed by atoms with van der Waals surface area (Å²) >= 11 is 6.11. The summed E-state index contributed by atoms with van der Waals surface area (Å²) in [4.78, 5) is 5.87. The third kappa shape index (κ3) is 2.78. The first kappa shape index (κ1) is 16.7. The number of fused-ring (bicyclic) bond motifs is 3. The lowest BCUT2D eigenvalue weighted by Gasteiger charge is -2.29. The number of para-hydroxylation sites is 1. The summed E-state index contributed by atoms with van der Waals surface area (Å²) in [6, 6.07) is 20.3. The summed E-state index contributed by atoms with van der Waals surface area (Å²) < 4.78 is 0. The van der Waals surface area contributed by atoms with Crippen LogP contribution in [0.5, 0.6) is 5.75 Å². The van der Waals surface area contributed by atoms with Crippen molar-refractivity contribution in [2.45, 2.75) is 18.9 Å². The van der Waals surface area contributed by atoms with Crippen molar-refractivity contribution in [1.29, 1.82) is 0 Å². The number of phenols is 1. The Morgan fingerprint density at radius 3 is 2.41 bits per heavy atom. The molecule has 1 aliphatic rings. The number of hydrogen-bond acceptors (Lipinski definition) is 2. The maximum Gasteiger partial charge on any atom is 0.130 e. The summed E-state index contributed by atoms with van der Waals surface area (Å²) in [6.45, 7) is 2.08. The molecule has 1 fully saturated rings. The molecule has 1 unspecified atom stereocenters. The molecule has 1 atom stereocenters. The van der Waals surface area contributed by atoms with Gasteiger partial charge in [0, 0.05) is 26.9 Å². The van der Waals surface area contributed by atoms with E-state index in [0.717, 1.165) is 51.0 Å². The van der Waals surface area contributed by atoms with Gasteiger partial charge in [-0.25, -0.2) is 0 Å². The number of nitrogens with one attached hydrogen (secondary N) is 1. The normalized spacial score (nSPS) is 16.3. The van der Waals surface area contributed by atoms with E-state index in [1.165, 1.54) is 12.8 Å². The number of aromatic nitrogens is 1. The van der Waals surface area contributed by atoms with E-state index in [1.54, 1.807) is 0 Å². The SMILES string of the molecule is Oc1c(C(c2ccc(Cl)cc2)N2CCCC2)ccc2[nH]c3ccccc3c12. The third-order valence-electron chi connectivity index (χ3n) is 5.66. The lowest BCUT2D eigenvalue weighted by molar-refractivity contribution is 0.276. The largest absolute Gasteiger partial charge is 0.507 e. The number of likely N-dealkylation sites (tertiary alicyclic amines) is 1. The first-order valence-corrected chi connectivity index (χ1v) is 9.82. The minimum absolute atomic E-state index is 0.0304. The average molecular weight is 377 g/mol. The van der Waals surface area contributed by atoms with Gasteiger partial charge >= 0.3 is 0 Å². The van der Waals surface area contributed by atoms with E-state index in [9.17, 15) is 5.11 Å². The van der Waals surface area contributed by atoms with Crippen molar-refractivity contribution >= 4 is 33.4 Å². The highest BCUT2D eigenvalue weighted by molar-refractivity contribution is 6.30. The van der Waals surface area contributed by atoms with Crippen LogP contribution >= 0.6 is 11.6 Å². The predicted molar refractivity (Wildman–Crippen MR) is 112 cm³/mol. The van der Waals surface area contributed by atoms with Gasteiger partial charge in [0.1, 0.15) is 5.75 Å². The van der Waals surface area contributed by atoms with Crippen LogP contribution in [0.25, 0.3) is 21.8 Å². The maximum absolute atomic E-state index is 11.3. The zero-order valence-corrected chi connectivity index (χ0v) is 15.7. The van der Waals surface area contributed by atoms with Gasteiger partial charge in [0.2, 0.25) is 0 Å². The molecule has 2 N–H and O–H groups in total. The van der Waals surface area contributed by atoms with Crippen molar-refractivity contribution in [3.63, 3.8) is 0 Å². The molecule has 4 heteroatoms. The Hall–Kier alpha value is -2.49. The molecule has 0 saturated carbocycles. The van der Waals surface area contributed by atoms with Crippen LogP contribution in [-0.4, -0.2) is 28.1 Å². The smallest absolute Gasteiger partial charge is 0.130 e. The highest BCUT2D eigenvalue weighted by Crippen LogP contribution is 2.42. The van der Waals surface area contributed by atoms with Gasteiger partial charge in [0.25, 0.3) is 0 Å². The molecule has 1 aliphatic heterocycles. The van der Waals surface area contributed by atoms with Gasteiger partial charge in [-0.2, -0.15) is 0 Å². The second kappa shape index (κ2) is 6.59. The molecule has 0 aliphatic carbocycles. The molecule has 136 valence electrons. The number of aromatic amines is 1. The van der Waals surface area contributed by atoms with Gasteiger partial charge in [-0.1, -0.05) is 48.0 Å². The first-order valence-electron chi connectivity index (χ1n) is 9.44. The molecule has 4 aromatic rings. The molecule has 1 saturated heterocycles.